The van der Waals surface area contributed by atoms with Gasteiger partial charge in [-0.1, -0.05) is 17.7 Å². The van der Waals surface area contributed by atoms with Crippen LogP contribution in [0.25, 0.3) is 0 Å². The predicted octanol–water partition coefficient (Wildman–Crippen LogP) is 3.06. The van der Waals surface area contributed by atoms with E-state index in [1.54, 1.807) is 0 Å². The van der Waals surface area contributed by atoms with Gasteiger partial charge in [0.2, 0.25) is 11.2 Å². The van der Waals surface area contributed by atoms with Gasteiger partial charge in [0.15, 0.2) is 5.76 Å². The highest BCUT2D eigenvalue weighted by molar-refractivity contribution is 6.30. The van der Waals surface area contributed by atoms with Crippen LogP contribution in [-0.2, 0) is 12.4 Å². The largest absolute Gasteiger partial charge is 0.502 e. The molecule has 5 nitrogen and oxygen atoms in total. The van der Waals surface area contributed by atoms with Crippen molar-refractivity contribution in [2.24, 2.45) is 0 Å². The standard InChI is InChI=1S/C17H18Cl2N2O3/c18-10-14-9-15(22)17(23)16(24-14)11-20-4-6-21(7-5-20)13-3-1-2-12(19)8-13/h1-3,8-9,23H,4-7,10-11H2. The zero-order valence-electron chi connectivity index (χ0n) is 13.0. The fourth-order valence-electron chi connectivity index (χ4n) is 2.80. The first-order valence-electron chi connectivity index (χ1n) is 7.70. The maximum atomic E-state index is 11.7. The van der Waals surface area contributed by atoms with Crippen LogP contribution >= 0.6 is 23.2 Å². The molecular weight excluding hydrogens is 351 g/mol. The van der Waals surface area contributed by atoms with Crippen molar-refractivity contribution in [3.8, 4) is 5.75 Å². The van der Waals surface area contributed by atoms with Crippen LogP contribution in [0.1, 0.15) is 11.5 Å². The molecule has 0 aliphatic carbocycles. The number of aromatic hydroxyl groups is 1. The normalized spacial score (nSPS) is 15.7. The van der Waals surface area contributed by atoms with Crippen LogP contribution in [0.3, 0.4) is 0 Å². The lowest BCUT2D eigenvalue weighted by atomic mass is 10.2. The molecule has 1 saturated heterocycles. The van der Waals surface area contributed by atoms with Gasteiger partial charge in [0, 0.05) is 43.0 Å². The molecule has 0 unspecified atom stereocenters. The number of rotatable bonds is 4. The van der Waals surface area contributed by atoms with Gasteiger partial charge in [0.05, 0.1) is 12.4 Å². The summed E-state index contributed by atoms with van der Waals surface area (Å²) < 4.78 is 5.51. The number of hydrogen-bond acceptors (Lipinski definition) is 5. The van der Waals surface area contributed by atoms with E-state index in [2.05, 4.69) is 9.80 Å². The van der Waals surface area contributed by atoms with Crippen molar-refractivity contribution in [1.29, 1.82) is 0 Å². The van der Waals surface area contributed by atoms with Gasteiger partial charge in [-0.2, -0.15) is 0 Å². The Kier molecular flexibility index (Phi) is 5.33. The number of hydrogen-bond donors (Lipinski definition) is 1. The lowest BCUT2D eigenvalue weighted by molar-refractivity contribution is 0.220. The summed E-state index contributed by atoms with van der Waals surface area (Å²) in [6.45, 7) is 3.64. The third-order valence-electron chi connectivity index (χ3n) is 4.09. The third-order valence-corrected chi connectivity index (χ3v) is 4.59. The van der Waals surface area contributed by atoms with Gasteiger partial charge in [-0.15, -0.1) is 11.6 Å². The van der Waals surface area contributed by atoms with Crippen LogP contribution in [0.5, 0.6) is 5.75 Å². The average molecular weight is 369 g/mol. The Balaban J connectivity index is 1.66. The molecule has 1 aliphatic rings. The Bertz CT molecular complexity index is 771. The molecule has 1 fully saturated rings. The molecule has 0 spiro atoms. The summed E-state index contributed by atoms with van der Waals surface area (Å²) in [5, 5.41) is 10.6. The Morgan fingerprint density at radius 2 is 1.92 bits per heavy atom. The lowest BCUT2D eigenvalue weighted by Crippen LogP contribution is -2.46. The maximum absolute atomic E-state index is 11.7. The van der Waals surface area contributed by atoms with Gasteiger partial charge in [-0.05, 0) is 18.2 Å². The van der Waals surface area contributed by atoms with Gasteiger partial charge in [0.1, 0.15) is 5.76 Å². The zero-order valence-corrected chi connectivity index (χ0v) is 14.6. The zero-order chi connectivity index (χ0) is 17.1. The lowest BCUT2D eigenvalue weighted by Gasteiger charge is -2.35. The topological polar surface area (TPSA) is 56.9 Å². The molecule has 2 heterocycles. The Morgan fingerprint density at radius 3 is 2.58 bits per heavy atom. The summed E-state index contributed by atoms with van der Waals surface area (Å²) in [7, 11) is 0. The van der Waals surface area contributed by atoms with Crippen LogP contribution in [0.2, 0.25) is 5.02 Å². The van der Waals surface area contributed by atoms with E-state index in [1.165, 1.54) is 6.07 Å². The minimum atomic E-state index is -0.454. The molecule has 3 rings (SSSR count). The molecule has 1 N–H and O–H groups in total. The second-order valence-electron chi connectivity index (χ2n) is 5.73. The molecule has 1 aromatic heterocycles. The van der Waals surface area contributed by atoms with Crippen LogP contribution in [0, 0.1) is 0 Å². The van der Waals surface area contributed by atoms with Crippen molar-refractivity contribution >= 4 is 28.9 Å². The van der Waals surface area contributed by atoms with E-state index in [1.807, 2.05) is 24.3 Å². The first kappa shape index (κ1) is 17.1. The van der Waals surface area contributed by atoms with E-state index in [0.29, 0.717) is 12.3 Å². The van der Waals surface area contributed by atoms with Crippen molar-refractivity contribution in [3.05, 3.63) is 57.1 Å². The Hall–Kier alpha value is -1.69. The van der Waals surface area contributed by atoms with Crippen molar-refractivity contribution < 1.29 is 9.52 Å². The van der Waals surface area contributed by atoms with E-state index >= 15 is 0 Å². The van der Waals surface area contributed by atoms with Crippen LogP contribution in [-0.4, -0.2) is 36.2 Å². The van der Waals surface area contributed by atoms with E-state index in [9.17, 15) is 9.90 Å². The second-order valence-corrected chi connectivity index (χ2v) is 6.43. The first-order valence-corrected chi connectivity index (χ1v) is 8.62. The fraction of sp³-hybridized carbons (Fsp3) is 0.353. The minimum absolute atomic E-state index is 0.102. The van der Waals surface area contributed by atoms with E-state index < -0.39 is 5.43 Å². The second kappa shape index (κ2) is 7.47. The maximum Gasteiger partial charge on any atom is 0.227 e. The summed E-state index contributed by atoms with van der Waals surface area (Å²) in [5.41, 5.74) is 0.644. The Labute approximate surface area is 150 Å². The number of anilines is 1. The molecule has 0 amide bonds. The number of halogens is 2. The van der Waals surface area contributed by atoms with Gasteiger partial charge in [-0.25, -0.2) is 0 Å². The first-order chi connectivity index (χ1) is 11.6. The van der Waals surface area contributed by atoms with Gasteiger partial charge in [-0.3, -0.25) is 9.69 Å². The van der Waals surface area contributed by atoms with Gasteiger partial charge >= 0.3 is 0 Å². The minimum Gasteiger partial charge on any atom is -0.502 e. The highest BCUT2D eigenvalue weighted by Crippen LogP contribution is 2.22. The number of nitrogens with zero attached hydrogens (tertiary/aromatic N) is 2. The average Bonchev–Trinajstić information content (AvgIpc) is 2.59. The van der Waals surface area contributed by atoms with Crippen LogP contribution < -0.4 is 10.3 Å². The van der Waals surface area contributed by atoms with E-state index in [4.69, 9.17) is 27.6 Å². The highest BCUT2D eigenvalue weighted by atomic mass is 35.5. The van der Waals surface area contributed by atoms with Gasteiger partial charge in [0.25, 0.3) is 0 Å². The number of alkyl halides is 1. The fourth-order valence-corrected chi connectivity index (χ4v) is 3.12. The summed E-state index contributed by atoms with van der Waals surface area (Å²) in [6.07, 6.45) is 0. The van der Waals surface area contributed by atoms with Crippen LogP contribution in [0.4, 0.5) is 5.69 Å². The number of benzene rings is 1. The smallest absolute Gasteiger partial charge is 0.227 e. The molecule has 7 heteroatoms. The third kappa shape index (κ3) is 3.86. The number of piperazine rings is 1. The van der Waals surface area contributed by atoms with E-state index in [0.717, 1.165) is 36.9 Å². The molecule has 2 aromatic rings. The molecule has 1 aromatic carbocycles. The molecule has 0 saturated carbocycles. The quantitative estimate of drug-likeness (QED) is 0.840. The SMILES string of the molecule is O=c1cc(CCl)oc(CN2CCN(c3cccc(Cl)c3)CC2)c1O. The monoisotopic (exact) mass is 368 g/mol. The molecule has 0 radical (unpaired) electrons. The molecule has 1 aliphatic heterocycles. The van der Waals surface area contributed by atoms with Crippen molar-refractivity contribution in [3.63, 3.8) is 0 Å². The molecule has 0 atom stereocenters. The van der Waals surface area contributed by atoms with E-state index in [-0.39, 0.29) is 17.4 Å². The van der Waals surface area contributed by atoms with Crippen molar-refractivity contribution in [2.45, 2.75) is 12.4 Å². The summed E-state index contributed by atoms with van der Waals surface area (Å²) in [6, 6.07) is 9.01. The molecule has 24 heavy (non-hydrogen) atoms. The Morgan fingerprint density at radius 1 is 1.17 bits per heavy atom. The molecule has 0 bridgehead atoms. The van der Waals surface area contributed by atoms with Crippen molar-refractivity contribution in [2.75, 3.05) is 31.1 Å². The van der Waals surface area contributed by atoms with Gasteiger partial charge < -0.3 is 14.4 Å². The van der Waals surface area contributed by atoms with Crippen LogP contribution in [0.15, 0.2) is 39.5 Å². The summed E-state index contributed by atoms with van der Waals surface area (Å²) in [5.74, 6) is 0.410. The predicted molar refractivity (Wildman–Crippen MR) is 95.1 cm³/mol. The highest BCUT2D eigenvalue weighted by Gasteiger charge is 2.20. The molecular formula is C17H18Cl2N2O3. The molecule has 128 valence electrons. The summed E-state index contributed by atoms with van der Waals surface area (Å²) >= 11 is 11.8. The summed E-state index contributed by atoms with van der Waals surface area (Å²) in [4.78, 5) is 16.1. The van der Waals surface area contributed by atoms with Crippen molar-refractivity contribution in [1.82, 2.24) is 4.90 Å².